The van der Waals surface area contributed by atoms with Crippen LogP contribution in [-0.4, -0.2) is 24.0 Å². The quantitative estimate of drug-likeness (QED) is 0.745. The topological polar surface area (TPSA) is 42.6 Å². The van der Waals surface area contributed by atoms with Crippen molar-refractivity contribution < 1.29 is 17.6 Å². The lowest BCUT2D eigenvalue weighted by Gasteiger charge is -2.20. The number of hydrogen-bond acceptors (Lipinski definition) is 4. The minimum Gasteiger partial charge on any atom is -0.309 e. The summed E-state index contributed by atoms with van der Waals surface area (Å²) in [5.74, 6) is -2.18. The van der Waals surface area contributed by atoms with Gasteiger partial charge in [-0.2, -0.15) is 18.4 Å². The predicted molar refractivity (Wildman–Crippen MR) is 64.0 cm³/mol. The molecule has 0 atom stereocenters. The fourth-order valence-corrected chi connectivity index (χ4v) is 1.67. The van der Waals surface area contributed by atoms with Gasteiger partial charge in [-0.3, -0.25) is 0 Å². The SMILES string of the molecule is C=C1N(C)C(C(F)(F)F)=NN1c1ccc(C#N)cc1F. The maximum absolute atomic E-state index is 13.8. The van der Waals surface area contributed by atoms with Gasteiger partial charge in [-0.15, -0.1) is 5.10 Å². The highest BCUT2D eigenvalue weighted by Gasteiger charge is 2.45. The highest BCUT2D eigenvalue weighted by molar-refractivity contribution is 5.92. The molecule has 0 fully saturated rings. The predicted octanol–water partition coefficient (Wildman–Crippen LogP) is 2.80. The molecule has 0 saturated carbocycles. The van der Waals surface area contributed by atoms with Crippen LogP contribution < -0.4 is 5.01 Å². The smallest absolute Gasteiger partial charge is 0.309 e. The third kappa shape index (κ3) is 2.18. The average molecular weight is 284 g/mol. The lowest BCUT2D eigenvalue weighted by atomic mass is 10.2. The first-order valence-corrected chi connectivity index (χ1v) is 5.34. The van der Waals surface area contributed by atoms with Crippen LogP contribution >= 0.6 is 0 Å². The van der Waals surface area contributed by atoms with Crippen molar-refractivity contribution in [2.75, 3.05) is 12.1 Å². The summed E-state index contributed by atoms with van der Waals surface area (Å²) in [6, 6.07) is 5.11. The summed E-state index contributed by atoms with van der Waals surface area (Å²) in [5.41, 5.74) is -0.149. The number of nitrogens with zero attached hydrogens (tertiary/aromatic N) is 4. The van der Waals surface area contributed by atoms with Gasteiger partial charge in [0.15, 0.2) is 0 Å². The maximum atomic E-state index is 13.8. The molecule has 104 valence electrons. The van der Waals surface area contributed by atoms with Gasteiger partial charge >= 0.3 is 6.18 Å². The van der Waals surface area contributed by atoms with E-state index in [2.05, 4.69) is 11.7 Å². The fourth-order valence-electron chi connectivity index (χ4n) is 1.67. The monoisotopic (exact) mass is 284 g/mol. The van der Waals surface area contributed by atoms with Crippen molar-refractivity contribution in [1.29, 1.82) is 5.26 Å². The largest absolute Gasteiger partial charge is 0.451 e. The number of nitriles is 1. The normalized spacial score (nSPS) is 15.4. The number of hydrazone groups is 1. The van der Waals surface area contributed by atoms with Crippen molar-refractivity contribution in [2.24, 2.45) is 5.10 Å². The van der Waals surface area contributed by atoms with Crippen molar-refractivity contribution >= 4 is 11.5 Å². The van der Waals surface area contributed by atoms with Crippen molar-refractivity contribution in [3.63, 3.8) is 0 Å². The second kappa shape index (κ2) is 4.52. The lowest BCUT2D eigenvalue weighted by Crippen LogP contribution is -2.34. The van der Waals surface area contributed by atoms with Gasteiger partial charge < -0.3 is 4.90 Å². The molecule has 0 N–H and O–H groups in total. The maximum Gasteiger partial charge on any atom is 0.451 e. The van der Waals surface area contributed by atoms with Crippen LogP contribution in [0.1, 0.15) is 5.56 Å². The van der Waals surface area contributed by atoms with Crippen LogP contribution in [0.25, 0.3) is 0 Å². The molecule has 1 aromatic rings. The van der Waals surface area contributed by atoms with E-state index in [1.54, 1.807) is 6.07 Å². The van der Waals surface area contributed by atoms with Crippen molar-refractivity contribution in [3.05, 3.63) is 42.0 Å². The molecule has 1 heterocycles. The molecule has 0 amide bonds. The van der Waals surface area contributed by atoms with E-state index in [-0.39, 0.29) is 17.1 Å². The van der Waals surface area contributed by atoms with E-state index in [0.29, 0.717) is 0 Å². The third-order valence-corrected chi connectivity index (χ3v) is 2.70. The van der Waals surface area contributed by atoms with E-state index < -0.39 is 17.8 Å². The van der Waals surface area contributed by atoms with Gasteiger partial charge in [0.05, 0.1) is 11.6 Å². The van der Waals surface area contributed by atoms with Gasteiger partial charge in [0.1, 0.15) is 17.3 Å². The van der Waals surface area contributed by atoms with E-state index >= 15 is 0 Å². The Kier molecular flexibility index (Phi) is 3.13. The molecule has 0 aromatic heterocycles. The van der Waals surface area contributed by atoms with E-state index in [9.17, 15) is 17.6 Å². The molecule has 0 radical (unpaired) electrons. The zero-order valence-corrected chi connectivity index (χ0v) is 10.2. The highest BCUT2D eigenvalue weighted by atomic mass is 19.4. The Bertz CT molecular complexity index is 642. The summed E-state index contributed by atoms with van der Waals surface area (Å²) < 4.78 is 52.0. The summed E-state index contributed by atoms with van der Waals surface area (Å²) in [6.07, 6.45) is -4.67. The van der Waals surface area contributed by atoms with Crippen LogP contribution in [0, 0.1) is 17.1 Å². The Morgan fingerprint density at radius 2 is 2.00 bits per heavy atom. The van der Waals surface area contributed by atoms with Crippen LogP contribution in [0.3, 0.4) is 0 Å². The van der Waals surface area contributed by atoms with Gasteiger partial charge in [-0.25, -0.2) is 9.40 Å². The number of anilines is 1. The first kappa shape index (κ1) is 13.9. The lowest BCUT2D eigenvalue weighted by molar-refractivity contribution is -0.0655. The fraction of sp³-hybridized carbons (Fsp3) is 0.167. The van der Waals surface area contributed by atoms with Crippen LogP contribution in [0.15, 0.2) is 35.7 Å². The average Bonchev–Trinajstić information content (AvgIpc) is 2.66. The first-order valence-electron chi connectivity index (χ1n) is 5.34. The summed E-state index contributed by atoms with van der Waals surface area (Å²) in [5, 5.41) is 12.7. The molecule has 1 aliphatic heterocycles. The highest BCUT2D eigenvalue weighted by Crippen LogP contribution is 2.33. The van der Waals surface area contributed by atoms with Crippen LogP contribution in [-0.2, 0) is 0 Å². The molecule has 1 aliphatic rings. The zero-order valence-electron chi connectivity index (χ0n) is 10.2. The molecular weight excluding hydrogens is 276 g/mol. The summed E-state index contributed by atoms with van der Waals surface area (Å²) in [4.78, 5) is 0.720. The number of benzene rings is 1. The number of amidine groups is 1. The van der Waals surface area contributed by atoms with Crippen LogP contribution in [0.4, 0.5) is 23.2 Å². The molecule has 0 unspecified atom stereocenters. The zero-order chi connectivity index (χ0) is 15.1. The Labute approximate surface area is 111 Å². The third-order valence-electron chi connectivity index (χ3n) is 2.70. The van der Waals surface area contributed by atoms with Gasteiger partial charge in [0, 0.05) is 7.05 Å². The first-order chi connectivity index (χ1) is 9.25. The standard InChI is InChI=1S/C12H8F4N4/c1-7-19(2)11(12(14,15)16)18-20(7)10-4-3-8(6-17)5-9(10)13/h3-5H,1H2,2H3. The Morgan fingerprint density at radius 3 is 2.45 bits per heavy atom. The van der Waals surface area contributed by atoms with Crippen molar-refractivity contribution in [2.45, 2.75) is 6.18 Å². The minimum atomic E-state index is -4.67. The molecule has 0 aliphatic carbocycles. The molecule has 20 heavy (non-hydrogen) atoms. The van der Waals surface area contributed by atoms with Gasteiger partial charge in [-0.05, 0) is 18.2 Å². The molecule has 0 spiro atoms. The Morgan fingerprint density at radius 1 is 1.35 bits per heavy atom. The number of rotatable bonds is 1. The summed E-state index contributed by atoms with van der Waals surface area (Å²) in [7, 11) is 1.14. The van der Waals surface area contributed by atoms with E-state index in [1.807, 2.05) is 0 Å². The molecule has 0 saturated heterocycles. The number of hydrogen-bond donors (Lipinski definition) is 0. The molecule has 1 aromatic carbocycles. The van der Waals surface area contributed by atoms with Gasteiger partial charge in [0.25, 0.3) is 0 Å². The van der Waals surface area contributed by atoms with E-state index in [4.69, 9.17) is 5.26 Å². The van der Waals surface area contributed by atoms with Crippen molar-refractivity contribution in [1.82, 2.24) is 4.90 Å². The van der Waals surface area contributed by atoms with Gasteiger partial charge in [-0.1, -0.05) is 6.58 Å². The summed E-state index contributed by atoms with van der Waals surface area (Å²) >= 11 is 0. The summed E-state index contributed by atoms with van der Waals surface area (Å²) in [6.45, 7) is 3.45. The van der Waals surface area contributed by atoms with E-state index in [1.165, 1.54) is 12.1 Å². The molecule has 4 nitrogen and oxygen atoms in total. The second-order valence-electron chi connectivity index (χ2n) is 3.99. The van der Waals surface area contributed by atoms with E-state index in [0.717, 1.165) is 23.0 Å². The Hall–Kier alpha value is -2.56. The van der Waals surface area contributed by atoms with Crippen molar-refractivity contribution in [3.8, 4) is 6.07 Å². The van der Waals surface area contributed by atoms with Crippen LogP contribution in [0.2, 0.25) is 0 Å². The van der Waals surface area contributed by atoms with Gasteiger partial charge in [0.2, 0.25) is 5.84 Å². The number of alkyl halides is 3. The Balaban J connectivity index is 2.47. The minimum absolute atomic E-state index is 0.0597. The molecule has 8 heteroatoms. The molecule has 2 rings (SSSR count). The second-order valence-corrected chi connectivity index (χ2v) is 3.99. The number of halogens is 4. The van der Waals surface area contributed by atoms with Crippen LogP contribution in [0.5, 0.6) is 0 Å². The molecular formula is C12H8F4N4. The molecule has 0 bridgehead atoms.